The average Bonchev–Trinajstić information content (AvgIpc) is 2.28. The number of carbonyl (C=O) groups is 1. The lowest BCUT2D eigenvalue weighted by atomic mass is 10.0. The lowest BCUT2D eigenvalue weighted by molar-refractivity contribution is 0.103. The number of hydrogen-bond donors (Lipinski definition) is 1. The van der Waals surface area contributed by atoms with Crippen LogP contribution in [0.4, 0.5) is 0 Å². The van der Waals surface area contributed by atoms with Crippen molar-refractivity contribution in [2.45, 2.75) is 6.92 Å². The molecule has 0 aliphatic rings. The quantitative estimate of drug-likeness (QED) is 0.777. The van der Waals surface area contributed by atoms with Crippen molar-refractivity contribution in [2.24, 2.45) is 0 Å². The van der Waals surface area contributed by atoms with E-state index in [1.165, 1.54) is 6.07 Å². The molecule has 0 aliphatic carbocycles. The predicted octanol–water partition coefficient (Wildman–Crippen LogP) is 2.93. The van der Waals surface area contributed by atoms with Gasteiger partial charge in [-0.1, -0.05) is 35.9 Å². The summed E-state index contributed by atoms with van der Waals surface area (Å²) in [6, 6.07) is 13.8. The van der Waals surface area contributed by atoms with Crippen molar-refractivity contribution in [1.82, 2.24) is 0 Å². The molecule has 0 spiro atoms. The van der Waals surface area contributed by atoms with Crippen LogP contribution in [0.5, 0.6) is 5.75 Å². The van der Waals surface area contributed by atoms with Crippen molar-refractivity contribution in [1.29, 1.82) is 0 Å². The molecule has 2 rings (SSSR count). The lowest BCUT2D eigenvalue weighted by Crippen LogP contribution is -2.00. The van der Waals surface area contributed by atoms with Gasteiger partial charge in [0, 0.05) is 11.1 Å². The van der Waals surface area contributed by atoms with E-state index in [1.54, 1.807) is 24.3 Å². The second-order valence-corrected chi connectivity index (χ2v) is 3.75. The maximum Gasteiger partial charge on any atom is 0.193 e. The van der Waals surface area contributed by atoms with Crippen LogP contribution in [0.3, 0.4) is 0 Å². The molecule has 80 valence electrons. The summed E-state index contributed by atoms with van der Waals surface area (Å²) < 4.78 is 0. The maximum absolute atomic E-state index is 12.0. The molecule has 2 aromatic rings. The first kappa shape index (κ1) is 10.4. The van der Waals surface area contributed by atoms with Crippen LogP contribution in [0.15, 0.2) is 48.5 Å². The highest BCUT2D eigenvalue weighted by Gasteiger charge is 2.08. The lowest BCUT2D eigenvalue weighted by Gasteiger charge is -2.02. The Morgan fingerprint density at radius 2 is 1.62 bits per heavy atom. The Hall–Kier alpha value is -2.09. The molecule has 0 heterocycles. The van der Waals surface area contributed by atoms with Gasteiger partial charge < -0.3 is 5.11 Å². The van der Waals surface area contributed by atoms with Crippen LogP contribution in [0.1, 0.15) is 21.5 Å². The van der Waals surface area contributed by atoms with E-state index >= 15 is 0 Å². The Labute approximate surface area is 94.2 Å². The van der Waals surface area contributed by atoms with Gasteiger partial charge in [0.15, 0.2) is 5.78 Å². The fourth-order valence-corrected chi connectivity index (χ4v) is 1.60. The topological polar surface area (TPSA) is 37.3 Å². The molecule has 0 saturated heterocycles. The monoisotopic (exact) mass is 212 g/mol. The number of ketones is 1. The first-order valence-electron chi connectivity index (χ1n) is 5.07. The molecule has 2 nitrogen and oxygen atoms in total. The molecule has 0 aromatic heterocycles. The van der Waals surface area contributed by atoms with Gasteiger partial charge >= 0.3 is 0 Å². The summed E-state index contributed by atoms with van der Waals surface area (Å²) in [5.41, 5.74) is 2.20. The van der Waals surface area contributed by atoms with Crippen LogP contribution in [-0.2, 0) is 0 Å². The summed E-state index contributed by atoms with van der Waals surface area (Å²) in [6.07, 6.45) is 0. The Bertz CT molecular complexity index is 482. The van der Waals surface area contributed by atoms with Crippen molar-refractivity contribution >= 4 is 5.78 Å². The van der Waals surface area contributed by atoms with Gasteiger partial charge in [0.25, 0.3) is 0 Å². The Morgan fingerprint density at radius 1 is 1.00 bits per heavy atom. The van der Waals surface area contributed by atoms with E-state index in [0.29, 0.717) is 11.1 Å². The minimum atomic E-state index is -0.0698. The van der Waals surface area contributed by atoms with Crippen molar-refractivity contribution < 1.29 is 9.90 Å². The normalized spacial score (nSPS) is 10.1. The molecule has 1 N–H and O–H groups in total. The van der Waals surface area contributed by atoms with Crippen molar-refractivity contribution in [2.75, 3.05) is 0 Å². The first-order chi connectivity index (χ1) is 7.66. The van der Waals surface area contributed by atoms with Crippen LogP contribution in [0.2, 0.25) is 0 Å². The van der Waals surface area contributed by atoms with E-state index in [1.807, 2.05) is 25.1 Å². The molecule has 0 amide bonds. The van der Waals surface area contributed by atoms with Crippen LogP contribution in [0.25, 0.3) is 0 Å². The summed E-state index contributed by atoms with van der Waals surface area (Å²) >= 11 is 0. The van der Waals surface area contributed by atoms with Crippen LogP contribution in [-0.4, -0.2) is 10.9 Å². The minimum absolute atomic E-state index is 0.0698. The third-order valence-electron chi connectivity index (χ3n) is 2.39. The Balaban J connectivity index is 2.39. The third-order valence-corrected chi connectivity index (χ3v) is 2.39. The molecule has 0 bridgehead atoms. The van der Waals surface area contributed by atoms with Gasteiger partial charge in [-0.15, -0.1) is 0 Å². The number of rotatable bonds is 2. The molecule has 0 aliphatic heterocycles. The van der Waals surface area contributed by atoms with E-state index in [0.717, 1.165) is 5.56 Å². The van der Waals surface area contributed by atoms with Crippen LogP contribution >= 0.6 is 0 Å². The minimum Gasteiger partial charge on any atom is -0.508 e. The molecule has 0 atom stereocenters. The number of aromatic hydroxyl groups is 1. The summed E-state index contributed by atoms with van der Waals surface area (Å²) in [7, 11) is 0. The summed E-state index contributed by atoms with van der Waals surface area (Å²) in [5, 5.41) is 9.31. The number of phenols is 1. The molecular weight excluding hydrogens is 200 g/mol. The fraction of sp³-hybridized carbons (Fsp3) is 0.0714. The molecule has 16 heavy (non-hydrogen) atoms. The molecule has 2 aromatic carbocycles. The molecule has 2 heteroatoms. The SMILES string of the molecule is Cc1cccc(C(=O)c2cccc(O)c2)c1. The summed E-state index contributed by atoms with van der Waals surface area (Å²) in [6.45, 7) is 1.94. The van der Waals surface area contributed by atoms with Crippen molar-refractivity contribution in [3.63, 3.8) is 0 Å². The number of aryl methyl sites for hydroxylation is 1. The van der Waals surface area contributed by atoms with E-state index in [4.69, 9.17) is 0 Å². The van der Waals surface area contributed by atoms with Crippen LogP contribution in [0, 0.1) is 6.92 Å². The van der Waals surface area contributed by atoms with E-state index in [2.05, 4.69) is 0 Å². The van der Waals surface area contributed by atoms with Gasteiger partial charge in [-0.25, -0.2) is 0 Å². The smallest absolute Gasteiger partial charge is 0.193 e. The Kier molecular flexibility index (Phi) is 2.73. The largest absolute Gasteiger partial charge is 0.508 e. The Morgan fingerprint density at radius 3 is 2.25 bits per heavy atom. The molecule has 0 unspecified atom stereocenters. The molecule has 0 radical (unpaired) electrons. The van der Waals surface area contributed by atoms with Crippen molar-refractivity contribution in [3.05, 3.63) is 65.2 Å². The standard InChI is InChI=1S/C14H12O2/c1-10-4-2-5-11(8-10)14(16)12-6-3-7-13(15)9-12/h2-9,15H,1H3. The molecule has 0 saturated carbocycles. The predicted molar refractivity (Wildman–Crippen MR) is 62.7 cm³/mol. The zero-order valence-corrected chi connectivity index (χ0v) is 8.97. The van der Waals surface area contributed by atoms with Crippen molar-refractivity contribution in [3.8, 4) is 5.75 Å². The zero-order chi connectivity index (χ0) is 11.5. The number of carbonyl (C=O) groups excluding carboxylic acids is 1. The summed E-state index contributed by atoms with van der Waals surface area (Å²) in [4.78, 5) is 12.0. The zero-order valence-electron chi connectivity index (χ0n) is 8.97. The third kappa shape index (κ3) is 2.11. The van der Waals surface area contributed by atoms with Gasteiger partial charge in [-0.2, -0.15) is 0 Å². The fourth-order valence-electron chi connectivity index (χ4n) is 1.60. The summed E-state index contributed by atoms with van der Waals surface area (Å²) in [5.74, 6) is 0.0399. The van der Waals surface area contributed by atoms with Gasteiger partial charge in [-0.3, -0.25) is 4.79 Å². The van der Waals surface area contributed by atoms with Gasteiger partial charge in [-0.05, 0) is 25.1 Å². The number of benzene rings is 2. The highest BCUT2D eigenvalue weighted by Crippen LogP contribution is 2.15. The van der Waals surface area contributed by atoms with Gasteiger partial charge in [0.05, 0.1) is 0 Å². The highest BCUT2D eigenvalue weighted by molar-refractivity contribution is 6.09. The molecule has 0 fully saturated rings. The first-order valence-corrected chi connectivity index (χ1v) is 5.07. The van der Waals surface area contributed by atoms with E-state index < -0.39 is 0 Å². The molecular formula is C14H12O2. The maximum atomic E-state index is 12.0. The second kappa shape index (κ2) is 4.19. The number of phenolic OH excluding ortho intramolecular Hbond substituents is 1. The van der Waals surface area contributed by atoms with Gasteiger partial charge in [0.1, 0.15) is 5.75 Å². The van der Waals surface area contributed by atoms with Gasteiger partial charge in [0.2, 0.25) is 0 Å². The van der Waals surface area contributed by atoms with Crippen LogP contribution < -0.4 is 0 Å². The number of hydrogen-bond acceptors (Lipinski definition) is 2. The highest BCUT2D eigenvalue weighted by atomic mass is 16.3. The second-order valence-electron chi connectivity index (χ2n) is 3.75. The van der Waals surface area contributed by atoms with E-state index in [9.17, 15) is 9.90 Å². The average molecular weight is 212 g/mol. The van der Waals surface area contributed by atoms with E-state index in [-0.39, 0.29) is 11.5 Å².